The van der Waals surface area contributed by atoms with Gasteiger partial charge in [-0.15, -0.1) is 0 Å². The average molecular weight is 387 g/mol. The molecule has 1 aliphatic heterocycles. The van der Waals surface area contributed by atoms with Crippen molar-refractivity contribution in [2.24, 2.45) is 5.92 Å². The summed E-state index contributed by atoms with van der Waals surface area (Å²) < 4.78 is 34.6. The van der Waals surface area contributed by atoms with Crippen LogP contribution in [0.4, 0.5) is 14.6 Å². The van der Waals surface area contributed by atoms with Gasteiger partial charge in [-0.1, -0.05) is 0 Å². The summed E-state index contributed by atoms with van der Waals surface area (Å²) in [7, 11) is 0. The van der Waals surface area contributed by atoms with Crippen molar-refractivity contribution >= 4 is 5.82 Å². The van der Waals surface area contributed by atoms with Gasteiger partial charge in [-0.25, -0.2) is 9.97 Å². The first-order valence-corrected chi connectivity index (χ1v) is 9.18. The van der Waals surface area contributed by atoms with E-state index in [4.69, 9.17) is 4.74 Å². The molecule has 1 saturated heterocycles. The van der Waals surface area contributed by atoms with Gasteiger partial charge in [-0.3, -0.25) is 0 Å². The van der Waals surface area contributed by atoms with Gasteiger partial charge in [-0.2, -0.15) is 19.0 Å². The predicted molar refractivity (Wildman–Crippen MR) is 95.4 cm³/mol. The summed E-state index contributed by atoms with van der Waals surface area (Å²) in [6, 6.07) is 5.23. The summed E-state index contributed by atoms with van der Waals surface area (Å²) in [6.45, 7) is -0.900. The number of halogens is 2. The molecule has 0 N–H and O–H groups in total. The Balaban J connectivity index is 1.34. The van der Waals surface area contributed by atoms with E-state index < -0.39 is 6.61 Å². The van der Waals surface area contributed by atoms with E-state index in [1.54, 1.807) is 6.07 Å². The number of alkyl halides is 2. The standard InChI is InChI=1S/C19H19F2N5O2/c20-19(21)28-15-3-4-16(23-9-15)26-6-5-12(10-26)11-27-18-14(7-22)8-24-17(25-18)13-1-2-13/h3-4,8-9,12-13,19H,1-2,5-6,10-11H2/t12-/m0/s1. The van der Waals surface area contributed by atoms with Crippen LogP contribution in [-0.4, -0.2) is 41.3 Å². The molecule has 0 radical (unpaired) electrons. The molecule has 28 heavy (non-hydrogen) atoms. The maximum Gasteiger partial charge on any atom is 0.387 e. The molecule has 2 fully saturated rings. The van der Waals surface area contributed by atoms with Gasteiger partial charge in [0.25, 0.3) is 0 Å². The number of anilines is 1. The molecule has 0 amide bonds. The molecule has 0 aromatic carbocycles. The van der Waals surface area contributed by atoms with Crippen LogP contribution in [0.15, 0.2) is 24.5 Å². The number of hydrogen-bond acceptors (Lipinski definition) is 7. The molecule has 1 atom stereocenters. The topological polar surface area (TPSA) is 84.2 Å². The number of aromatic nitrogens is 3. The van der Waals surface area contributed by atoms with Gasteiger partial charge in [0.1, 0.15) is 29.0 Å². The molecule has 146 valence electrons. The normalized spacial score (nSPS) is 18.9. The lowest BCUT2D eigenvalue weighted by Gasteiger charge is -2.18. The third-order valence-electron chi connectivity index (χ3n) is 4.85. The third kappa shape index (κ3) is 4.27. The van der Waals surface area contributed by atoms with Crippen molar-refractivity contribution in [3.8, 4) is 17.7 Å². The van der Waals surface area contributed by atoms with Crippen molar-refractivity contribution in [2.75, 3.05) is 24.6 Å². The fraction of sp³-hybridized carbons (Fsp3) is 0.474. The third-order valence-corrected chi connectivity index (χ3v) is 4.85. The minimum Gasteiger partial charge on any atom is -0.476 e. The zero-order valence-corrected chi connectivity index (χ0v) is 15.1. The summed E-state index contributed by atoms with van der Waals surface area (Å²) in [5.74, 6) is 2.49. The molecule has 0 spiro atoms. The molecule has 0 unspecified atom stereocenters. The molecular formula is C19H19F2N5O2. The number of pyridine rings is 1. The van der Waals surface area contributed by atoms with Crippen LogP contribution in [0.5, 0.6) is 11.6 Å². The SMILES string of the molecule is N#Cc1cnc(C2CC2)nc1OC[C@H]1CCN(c2ccc(OC(F)F)cn2)C1. The van der Waals surface area contributed by atoms with E-state index >= 15 is 0 Å². The van der Waals surface area contributed by atoms with E-state index in [0.717, 1.165) is 38.2 Å². The molecule has 2 aromatic rings. The Kier molecular flexibility index (Phi) is 5.19. The van der Waals surface area contributed by atoms with Gasteiger partial charge in [-0.05, 0) is 31.4 Å². The monoisotopic (exact) mass is 387 g/mol. The summed E-state index contributed by atoms with van der Waals surface area (Å²) in [6.07, 6.45) is 5.89. The molecule has 4 rings (SSSR count). The second-order valence-corrected chi connectivity index (χ2v) is 6.98. The molecule has 3 heterocycles. The summed E-state index contributed by atoms with van der Waals surface area (Å²) in [5.41, 5.74) is 0.343. The number of nitriles is 1. The number of ether oxygens (including phenoxy) is 2. The van der Waals surface area contributed by atoms with Gasteiger partial charge in [0.05, 0.1) is 19.0 Å². The second-order valence-electron chi connectivity index (χ2n) is 6.98. The van der Waals surface area contributed by atoms with Crippen LogP contribution in [0.25, 0.3) is 0 Å². The van der Waals surface area contributed by atoms with Crippen LogP contribution in [0, 0.1) is 17.2 Å². The van der Waals surface area contributed by atoms with Gasteiger partial charge in [0.2, 0.25) is 5.88 Å². The van der Waals surface area contributed by atoms with Crippen LogP contribution in [0.3, 0.4) is 0 Å². The van der Waals surface area contributed by atoms with Crippen molar-refractivity contribution in [3.05, 3.63) is 35.9 Å². The van der Waals surface area contributed by atoms with E-state index in [0.29, 0.717) is 29.8 Å². The van der Waals surface area contributed by atoms with Crippen molar-refractivity contribution in [1.82, 2.24) is 15.0 Å². The molecule has 0 bridgehead atoms. The minimum atomic E-state index is -2.86. The smallest absolute Gasteiger partial charge is 0.387 e. The second kappa shape index (κ2) is 7.92. The lowest BCUT2D eigenvalue weighted by Crippen LogP contribution is -2.23. The van der Waals surface area contributed by atoms with Crippen molar-refractivity contribution in [1.29, 1.82) is 5.26 Å². The Morgan fingerprint density at radius 1 is 1.21 bits per heavy atom. The molecule has 1 saturated carbocycles. The Labute approximate surface area is 160 Å². The van der Waals surface area contributed by atoms with E-state index in [9.17, 15) is 14.0 Å². The number of rotatable bonds is 7. The highest BCUT2D eigenvalue weighted by molar-refractivity contribution is 5.42. The number of nitrogens with zero attached hydrogens (tertiary/aromatic N) is 5. The van der Waals surface area contributed by atoms with Crippen LogP contribution in [0.2, 0.25) is 0 Å². The van der Waals surface area contributed by atoms with Gasteiger partial charge < -0.3 is 14.4 Å². The van der Waals surface area contributed by atoms with E-state index in [-0.39, 0.29) is 11.7 Å². The highest BCUT2D eigenvalue weighted by Crippen LogP contribution is 2.38. The van der Waals surface area contributed by atoms with Crippen molar-refractivity contribution < 1.29 is 18.3 Å². The first-order valence-electron chi connectivity index (χ1n) is 9.18. The molecule has 7 nitrogen and oxygen atoms in total. The van der Waals surface area contributed by atoms with Crippen LogP contribution in [-0.2, 0) is 0 Å². The van der Waals surface area contributed by atoms with Gasteiger partial charge in [0, 0.05) is 24.9 Å². The molecule has 1 aliphatic carbocycles. The van der Waals surface area contributed by atoms with Crippen LogP contribution >= 0.6 is 0 Å². The molecule has 2 aliphatic rings. The highest BCUT2D eigenvalue weighted by Gasteiger charge is 2.28. The molecular weight excluding hydrogens is 368 g/mol. The fourth-order valence-corrected chi connectivity index (χ4v) is 3.21. The highest BCUT2D eigenvalue weighted by atomic mass is 19.3. The maximum atomic E-state index is 12.2. The average Bonchev–Trinajstić information content (AvgIpc) is 3.44. The molecule has 2 aromatic heterocycles. The zero-order chi connectivity index (χ0) is 19.5. The largest absolute Gasteiger partial charge is 0.476 e. The van der Waals surface area contributed by atoms with Crippen LogP contribution in [0.1, 0.15) is 36.6 Å². The number of hydrogen-bond donors (Lipinski definition) is 0. The molecule has 9 heteroatoms. The first kappa shape index (κ1) is 18.3. The Morgan fingerprint density at radius 2 is 2.07 bits per heavy atom. The van der Waals surface area contributed by atoms with E-state index in [1.807, 2.05) is 0 Å². The first-order chi connectivity index (χ1) is 13.6. The lowest BCUT2D eigenvalue weighted by atomic mass is 10.1. The minimum absolute atomic E-state index is 0.0390. The quantitative estimate of drug-likeness (QED) is 0.722. The van der Waals surface area contributed by atoms with E-state index in [2.05, 4.69) is 30.7 Å². The fourth-order valence-electron chi connectivity index (χ4n) is 3.21. The van der Waals surface area contributed by atoms with Crippen LogP contribution < -0.4 is 14.4 Å². The lowest BCUT2D eigenvalue weighted by molar-refractivity contribution is -0.0500. The van der Waals surface area contributed by atoms with Gasteiger partial charge >= 0.3 is 6.61 Å². The summed E-state index contributed by atoms with van der Waals surface area (Å²) in [5, 5.41) is 9.24. The maximum absolute atomic E-state index is 12.2. The zero-order valence-electron chi connectivity index (χ0n) is 15.1. The summed E-state index contributed by atoms with van der Waals surface area (Å²) >= 11 is 0. The summed E-state index contributed by atoms with van der Waals surface area (Å²) in [4.78, 5) is 14.9. The Morgan fingerprint density at radius 3 is 2.75 bits per heavy atom. The van der Waals surface area contributed by atoms with Gasteiger partial charge in [0.15, 0.2) is 0 Å². The Bertz CT molecular complexity index is 868. The van der Waals surface area contributed by atoms with Crippen molar-refractivity contribution in [3.63, 3.8) is 0 Å². The Hall–Kier alpha value is -3.02. The van der Waals surface area contributed by atoms with Crippen molar-refractivity contribution in [2.45, 2.75) is 31.8 Å². The predicted octanol–water partition coefficient (Wildman–Crippen LogP) is 3.13. The van der Waals surface area contributed by atoms with E-state index in [1.165, 1.54) is 18.5 Å².